The number of fused-ring (bicyclic) bond motifs is 1. The summed E-state index contributed by atoms with van der Waals surface area (Å²) in [6.07, 6.45) is 0.739. The van der Waals surface area contributed by atoms with Gasteiger partial charge in [0.2, 0.25) is 15.9 Å². The molecule has 9 heteroatoms. The summed E-state index contributed by atoms with van der Waals surface area (Å²) in [4.78, 5) is 16.7. The lowest BCUT2D eigenvalue weighted by Crippen LogP contribution is -2.48. The number of rotatable bonds is 10. The Labute approximate surface area is 210 Å². The predicted octanol–water partition coefficient (Wildman–Crippen LogP) is 3.90. The first-order valence-electron chi connectivity index (χ1n) is 11.5. The van der Waals surface area contributed by atoms with E-state index >= 15 is 0 Å². The van der Waals surface area contributed by atoms with Gasteiger partial charge in [-0.1, -0.05) is 35.9 Å². The van der Waals surface area contributed by atoms with Gasteiger partial charge in [0.25, 0.3) is 0 Å². The minimum atomic E-state index is -3.87. The molecule has 4 rings (SSSR count). The molecule has 1 aromatic heterocycles. The summed E-state index contributed by atoms with van der Waals surface area (Å²) in [6.45, 7) is 2.71. The van der Waals surface area contributed by atoms with E-state index in [4.69, 9.17) is 9.47 Å². The van der Waals surface area contributed by atoms with Gasteiger partial charge in [-0.2, -0.15) is 4.31 Å². The molecule has 1 amide bonds. The highest BCUT2D eigenvalue weighted by Gasteiger charge is 2.35. The van der Waals surface area contributed by atoms with Crippen molar-refractivity contribution in [2.24, 2.45) is 0 Å². The average Bonchev–Trinajstić information content (AvgIpc) is 3.35. The second kappa shape index (κ2) is 11.3. The van der Waals surface area contributed by atoms with Crippen molar-refractivity contribution >= 4 is 27.3 Å². The summed E-state index contributed by atoms with van der Waals surface area (Å²) >= 11 is 1.68. The average molecular weight is 515 g/mol. The number of aryl methyl sites for hydroxylation is 1. The normalized spacial score (nSPS) is 15.7. The fourth-order valence-electron chi connectivity index (χ4n) is 4.14. The lowest BCUT2D eigenvalue weighted by molar-refractivity contribution is -0.135. The molecule has 1 aliphatic rings. The summed E-state index contributed by atoms with van der Waals surface area (Å²) in [5, 5.41) is 2.03. The minimum Gasteiger partial charge on any atom is -0.491 e. The molecule has 7 nitrogen and oxygen atoms in total. The highest BCUT2D eigenvalue weighted by atomic mass is 32.2. The number of amides is 1. The monoisotopic (exact) mass is 514 g/mol. The van der Waals surface area contributed by atoms with Gasteiger partial charge in [-0.15, -0.1) is 11.3 Å². The first-order chi connectivity index (χ1) is 16.9. The van der Waals surface area contributed by atoms with E-state index in [1.165, 1.54) is 16.3 Å². The van der Waals surface area contributed by atoms with Crippen LogP contribution in [0.2, 0.25) is 0 Å². The fraction of sp³-hybridized carbons (Fsp3) is 0.346. The van der Waals surface area contributed by atoms with Gasteiger partial charge in [-0.05, 0) is 54.6 Å². The number of nitrogens with zero attached hydrogens (tertiary/aromatic N) is 2. The Bertz CT molecular complexity index is 1230. The van der Waals surface area contributed by atoms with Crippen molar-refractivity contribution in [2.45, 2.75) is 24.3 Å². The third kappa shape index (κ3) is 5.92. The zero-order valence-electron chi connectivity index (χ0n) is 19.9. The number of para-hydroxylation sites is 1. The van der Waals surface area contributed by atoms with Crippen LogP contribution in [0.15, 0.2) is 70.9 Å². The number of methoxy groups -OCH3 is 1. The van der Waals surface area contributed by atoms with E-state index in [-0.39, 0.29) is 36.5 Å². The molecule has 0 aliphatic carbocycles. The Kier molecular flexibility index (Phi) is 8.22. The molecule has 186 valence electrons. The van der Waals surface area contributed by atoms with Crippen LogP contribution in [-0.4, -0.2) is 63.5 Å². The number of ether oxygens (including phenoxy) is 2. The van der Waals surface area contributed by atoms with Crippen LogP contribution in [0.4, 0.5) is 0 Å². The topological polar surface area (TPSA) is 76.2 Å². The van der Waals surface area contributed by atoms with Gasteiger partial charge < -0.3 is 14.4 Å². The van der Waals surface area contributed by atoms with Gasteiger partial charge in [0.05, 0.1) is 24.1 Å². The first-order valence-corrected chi connectivity index (χ1v) is 13.8. The molecule has 2 heterocycles. The SMILES string of the molecule is COCCN(CC(=O)N1CCc2sccc2[C@@H]1COc1ccccc1)S(=O)(=O)c1ccc(C)cc1. The smallest absolute Gasteiger partial charge is 0.243 e. The van der Waals surface area contributed by atoms with Crippen molar-refractivity contribution in [1.29, 1.82) is 0 Å². The summed E-state index contributed by atoms with van der Waals surface area (Å²) < 4.78 is 39.2. The quantitative estimate of drug-likeness (QED) is 0.410. The lowest BCUT2D eigenvalue weighted by Gasteiger charge is -2.37. The Hall–Kier alpha value is -2.72. The van der Waals surface area contributed by atoms with Gasteiger partial charge >= 0.3 is 0 Å². The molecule has 0 spiro atoms. The van der Waals surface area contributed by atoms with Crippen molar-refractivity contribution in [3.63, 3.8) is 0 Å². The van der Waals surface area contributed by atoms with Crippen LogP contribution in [0.1, 0.15) is 22.0 Å². The molecule has 35 heavy (non-hydrogen) atoms. The molecule has 1 aliphatic heterocycles. The molecule has 0 N–H and O–H groups in total. The largest absolute Gasteiger partial charge is 0.491 e. The molecule has 1 atom stereocenters. The molecule has 0 fully saturated rings. The zero-order chi connectivity index (χ0) is 24.8. The Morgan fingerprint density at radius 1 is 1.11 bits per heavy atom. The molecule has 2 aromatic carbocycles. The van der Waals surface area contributed by atoms with E-state index in [1.54, 1.807) is 40.5 Å². The molecular weight excluding hydrogens is 484 g/mol. The van der Waals surface area contributed by atoms with Crippen LogP contribution < -0.4 is 4.74 Å². The Morgan fingerprint density at radius 2 is 1.86 bits per heavy atom. The maximum atomic E-state index is 13.6. The van der Waals surface area contributed by atoms with Crippen LogP contribution in [0.5, 0.6) is 5.75 Å². The van der Waals surface area contributed by atoms with Crippen LogP contribution in [-0.2, 0) is 26.0 Å². The van der Waals surface area contributed by atoms with Gasteiger partial charge in [0.1, 0.15) is 12.4 Å². The highest BCUT2D eigenvalue weighted by Crippen LogP contribution is 2.34. The van der Waals surface area contributed by atoms with Crippen LogP contribution in [0.3, 0.4) is 0 Å². The second-order valence-corrected chi connectivity index (χ2v) is 11.4. The number of thiophene rings is 1. The van der Waals surface area contributed by atoms with E-state index in [1.807, 2.05) is 48.7 Å². The van der Waals surface area contributed by atoms with Crippen LogP contribution in [0.25, 0.3) is 0 Å². The van der Waals surface area contributed by atoms with E-state index in [0.29, 0.717) is 13.2 Å². The molecule has 0 saturated carbocycles. The molecular formula is C26H30N2O5S2. The lowest BCUT2D eigenvalue weighted by atomic mass is 10.0. The van der Waals surface area contributed by atoms with Crippen molar-refractivity contribution in [1.82, 2.24) is 9.21 Å². The maximum absolute atomic E-state index is 13.6. The highest BCUT2D eigenvalue weighted by molar-refractivity contribution is 7.89. The third-order valence-corrected chi connectivity index (χ3v) is 8.94. The zero-order valence-corrected chi connectivity index (χ0v) is 21.6. The van der Waals surface area contributed by atoms with Gasteiger partial charge in [-0.3, -0.25) is 4.79 Å². The van der Waals surface area contributed by atoms with Crippen LogP contribution in [0, 0.1) is 6.92 Å². The standard InChI is InChI=1S/C26H30N2O5S2/c1-20-8-10-22(11-9-20)35(30,31)27(15-16-32-2)18-26(29)28-14-12-25-23(13-17-34-25)24(28)19-33-21-6-4-3-5-7-21/h3-11,13,17,24H,12,14-16,18-19H2,1-2H3/t24-/m0/s1. The van der Waals surface area contributed by atoms with Gasteiger partial charge in [-0.25, -0.2) is 8.42 Å². The number of carbonyl (C=O) groups is 1. The maximum Gasteiger partial charge on any atom is 0.243 e. The second-order valence-electron chi connectivity index (χ2n) is 8.42. The molecule has 0 unspecified atom stereocenters. The minimum absolute atomic E-state index is 0.0845. The number of hydrogen-bond donors (Lipinski definition) is 0. The molecule has 0 radical (unpaired) electrons. The molecule has 0 saturated heterocycles. The van der Waals surface area contributed by atoms with E-state index in [0.717, 1.165) is 23.3 Å². The number of sulfonamides is 1. The van der Waals surface area contributed by atoms with E-state index in [9.17, 15) is 13.2 Å². The Morgan fingerprint density at radius 3 is 2.57 bits per heavy atom. The van der Waals surface area contributed by atoms with Crippen LogP contribution >= 0.6 is 11.3 Å². The Balaban J connectivity index is 1.56. The number of benzene rings is 2. The number of hydrogen-bond acceptors (Lipinski definition) is 6. The molecule has 0 bridgehead atoms. The predicted molar refractivity (Wildman–Crippen MR) is 136 cm³/mol. The van der Waals surface area contributed by atoms with Gasteiger partial charge in [0, 0.05) is 25.1 Å². The fourth-order valence-corrected chi connectivity index (χ4v) is 6.45. The summed E-state index contributed by atoms with van der Waals surface area (Å²) in [6, 6.07) is 17.9. The summed E-state index contributed by atoms with van der Waals surface area (Å²) in [5.74, 6) is 0.473. The molecule has 3 aromatic rings. The third-order valence-electron chi connectivity index (χ3n) is 6.08. The number of carbonyl (C=O) groups excluding carboxylic acids is 1. The van der Waals surface area contributed by atoms with E-state index in [2.05, 4.69) is 0 Å². The van der Waals surface area contributed by atoms with Crippen molar-refractivity contribution in [3.05, 3.63) is 82.0 Å². The van der Waals surface area contributed by atoms with Gasteiger partial charge in [0.15, 0.2) is 0 Å². The van der Waals surface area contributed by atoms with Crippen molar-refractivity contribution < 1.29 is 22.7 Å². The van der Waals surface area contributed by atoms with Crippen molar-refractivity contribution in [3.8, 4) is 5.75 Å². The first kappa shape index (κ1) is 25.4. The van der Waals surface area contributed by atoms with E-state index < -0.39 is 10.0 Å². The van der Waals surface area contributed by atoms with Crippen molar-refractivity contribution in [2.75, 3.05) is 40.0 Å². The summed E-state index contributed by atoms with van der Waals surface area (Å²) in [5.41, 5.74) is 2.03. The summed E-state index contributed by atoms with van der Waals surface area (Å²) in [7, 11) is -2.36.